The number of carbonyl (C=O) groups excluding carboxylic acids is 1. The van der Waals surface area contributed by atoms with Gasteiger partial charge in [0, 0.05) is 29.7 Å². The zero-order chi connectivity index (χ0) is 24.0. The summed E-state index contributed by atoms with van der Waals surface area (Å²) in [4.78, 5) is 13.9. The fourth-order valence-corrected chi connectivity index (χ4v) is 6.00. The predicted molar refractivity (Wildman–Crippen MR) is 115 cm³/mol. The molecule has 3 aliphatic rings. The molecule has 0 spiro atoms. The first-order valence-corrected chi connectivity index (χ1v) is 12.1. The van der Waals surface area contributed by atoms with E-state index in [0.717, 1.165) is 17.7 Å². The molecule has 4 rings (SSSR count). The number of amides is 1. The Morgan fingerprint density at radius 2 is 1.94 bits per heavy atom. The minimum Gasteiger partial charge on any atom is -0.444 e. The molecule has 1 amide bonds. The van der Waals surface area contributed by atoms with Gasteiger partial charge in [0.25, 0.3) is 0 Å². The maximum Gasteiger partial charge on any atom is 0.523 e. The van der Waals surface area contributed by atoms with Gasteiger partial charge in [0.1, 0.15) is 6.61 Å². The fourth-order valence-electron chi connectivity index (χ4n) is 4.28. The van der Waals surface area contributed by atoms with Crippen LogP contribution in [0, 0.1) is 0 Å². The third-order valence-corrected chi connectivity index (χ3v) is 8.11. The van der Waals surface area contributed by atoms with Crippen LogP contribution < -0.4 is 4.90 Å². The van der Waals surface area contributed by atoms with Crippen molar-refractivity contribution in [2.24, 2.45) is 0 Å². The van der Waals surface area contributed by atoms with Crippen LogP contribution in [0.2, 0.25) is 5.02 Å². The van der Waals surface area contributed by atoms with Crippen LogP contribution in [0.25, 0.3) is 0 Å². The van der Waals surface area contributed by atoms with Crippen molar-refractivity contribution >= 4 is 33.4 Å². The number of halogens is 4. The molecule has 0 aromatic heterocycles. The first kappa shape index (κ1) is 24.1. The van der Waals surface area contributed by atoms with Crippen LogP contribution in [0.15, 0.2) is 41.3 Å². The molecule has 33 heavy (non-hydrogen) atoms. The smallest absolute Gasteiger partial charge is 0.444 e. The van der Waals surface area contributed by atoms with Gasteiger partial charge in [0.2, 0.25) is 10.0 Å². The first-order chi connectivity index (χ1) is 15.4. The molecule has 1 aliphatic carbocycles. The SMILES string of the molecule is CC1(OC(F)(F)F)C=CC(S(=O)(=O)N2CCC(N3C(=O)OCc4cc(Cl)ccc43)CC2)=CC1. The number of benzene rings is 1. The number of hydrogen-bond donors (Lipinski definition) is 0. The Morgan fingerprint density at radius 1 is 1.24 bits per heavy atom. The van der Waals surface area contributed by atoms with E-state index in [1.807, 2.05) is 0 Å². The number of allylic oxidation sites excluding steroid dienone is 1. The number of anilines is 1. The zero-order valence-electron chi connectivity index (χ0n) is 17.6. The fraction of sp³-hybridized carbons (Fsp3) is 0.476. The minimum absolute atomic E-state index is 0.0680. The Bertz CT molecular complexity index is 1110. The molecule has 1 atom stereocenters. The second kappa shape index (κ2) is 8.61. The molecule has 1 fully saturated rings. The van der Waals surface area contributed by atoms with E-state index in [4.69, 9.17) is 16.3 Å². The molecule has 0 radical (unpaired) electrons. The Balaban J connectivity index is 1.44. The van der Waals surface area contributed by atoms with Gasteiger partial charge in [-0.05, 0) is 50.5 Å². The number of fused-ring (bicyclic) bond motifs is 1. The number of piperidine rings is 1. The molecule has 1 aromatic rings. The predicted octanol–water partition coefficient (Wildman–Crippen LogP) is 4.73. The molecule has 2 aliphatic heterocycles. The van der Waals surface area contributed by atoms with E-state index < -0.39 is 28.1 Å². The van der Waals surface area contributed by atoms with Gasteiger partial charge in [-0.3, -0.25) is 9.64 Å². The van der Waals surface area contributed by atoms with Crippen molar-refractivity contribution in [1.29, 1.82) is 0 Å². The van der Waals surface area contributed by atoms with E-state index in [1.165, 1.54) is 17.3 Å². The number of ether oxygens (including phenoxy) is 2. The monoisotopic (exact) mass is 506 g/mol. The highest BCUT2D eigenvalue weighted by Crippen LogP contribution is 2.36. The molecule has 1 aromatic carbocycles. The highest BCUT2D eigenvalue weighted by atomic mass is 35.5. The molecule has 7 nitrogen and oxygen atoms in total. The van der Waals surface area contributed by atoms with Gasteiger partial charge in [0.15, 0.2) is 0 Å². The second-order valence-electron chi connectivity index (χ2n) is 8.34. The van der Waals surface area contributed by atoms with Gasteiger partial charge in [-0.1, -0.05) is 23.8 Å². The van der Waals surface area contributed by atoms with Crippen LogP contribution in [0.5, 0.6) is 0 Å². The molecule has 12 heteroatoms. The lowest BCUT2D eigenvalue weighted by Gasteiger charge is -2.40. The molecule has 2 heterocycles. The normalized spacial score (nSPS) is 24.9. The molecule has 0 bridgehead atoms. The summed E-state index contributed by atoms with van der Waals surface area (Å²) in [5, 5.41) is 0.526. The number of carbonyl (C=O) groups is 1. The number of alkyl halides is 3. The van der Waals surface area contributed by atoms with E-state index in [-0.39, 0.29) is 37.1 Å². The molecule has 180 valence electrons. The van der Waals surface area contributed by atoms with Crippen molar-refractivity contribution in [2.75, 3.05) is 18.0 Å². The van der Waals surface area contributed by atoms with E-state index in [9.17, 15) is 26.4 Å². The van der Waals surface area contributed by atoms with E-state index in [2.05, 4.69) is 4.74 Å². The largest absolute Gasteiger partial charge is 0.523 e. The minimum atomic E-state index is -4.83. The summed E-state index contributed by atoms with van der Waals surface area (Å²) >= 11 is 6.03. The average Bonchev–Trinajstić information content (AvgIpc) is 2.72. The third-order valence-electron chi connectivity index (χ3n) is 5.93. The summed E-state index contributed by atoms with van der Waals surface area (Å²) in [6, 6.07) is 4.90. The van der Waals surface area contributed by atoms with Crippen LogP contribution in [0.3, 0.4) is 0 Å². The van der Waals surface area contributed by atoms with Crippen molar-refractivity contribution in [3.05, 3.63) is 51.9 Å². The van der Waals surface area contributed by atoms with Gasteiger partial charge in [0.05, 0.1) is 16.2 Å². The van der Waals surface area contributed by atoms with Crippen molar-refractivity contribution in [2.45, 2.75) is 50.8 Å². The zero-order valence-corrected chi connectivity index (χ0v) is 19.2. The summed E-state index contributed by atoms with van der Waals surface area (Å²) in [6.07, 6.45) is -1.28. The lowest BCUT2D eigenvalue weighted by Crippen LogP contribution is -2.50. The summed E-state index contributed by atoms with van der Waals surface area (Å²) in [6.45, 7) is 1.67. The Labute approximate surface area is 194 Å². The molecule has 1 unspecified atom stereocenters. The van der Waals surface area contributed by atoms with Crippen LogP contribution in [0.4, 0.5) is 23.7 Å². The maximum atomic E-state index is 13.0. The maximum absolute atomic E-state index is 13.0. The van der Waals surface area contributed by atoms with Gasteiger partial charge >= 0.3 is 12.5 Å². The molecule has 0 saturated carbocycles. The molecule has 0 N–H and O–H groups in total. The standard InChI is InChI=1S/C21H22ClF3N2O5S/c1-20(32-21(23,24)25)8-4-17(5-9-20)33(29,30)26-10-6-16(7-11-26)27-18-3-2-15(22)12-14(18)13-31-19(27)28/h2-5,8,12,16H,6-7,9-11,13H2,1H3. The number of rotatable bonds is 4. The van der Waals surface area contributed by atoms with Crippen molar-refractivity contribution in [1.82, 2.24) is 4.31 Å². The van der Waals surface area contributed by atoms with Crippen molar-refractivity contribution in [3.63, 3.8) is 0 Å². The van der Waals surface area contributed by atoms with Crippen molar-refractivity contribution < 1.29 is 35.9 Å². The topological polar surface area (TPSA) is 76.2 Å². The molecular formula is C21H22ClF3N2O5S. The van der Waals surface area contributed by atoms with Crippen LogP contribution >= 0.6 is 11.6 Å². The Hall–Kier alpha value is -2.08. The Kier molecular flexibility index (Phi) is 6.27. The third kappa shape index (κ3) is 5.06. The van der Waals surface area contributed by atoms with Crippen molar-refractivity contribution in [3.8, 4) is 0 Å². The number of nitrogens with zero attached hydrogens (tertiary/aromatic N) is 2. The number of hydrogen-bond acceptors (Lipinski definition) is 5. The number of cyclic esters (lactones) is 1. The quantitative estimate of drug-likeness (QED) is 0.590. The van der Waals surface area contributed by atoms with Gasteiger partial charge in [-0.2, -0.15) is 4.31 Å². The van der Waals surface area contributed by atoms with Gasteiger partial charge in [-0.25, -0.2) is 13.2 Å². The summed E-state index contributed by atoms with van der Waals surface area (Å²) < 4.78 is 74.5. The lowest BCUT2D eigenvalue weighted by molar-refractivity contribution is -0.355. The van der Waals surface area contributed by atoms with Crippen LogP contribution in [-0.2, 0) is 26.1 Å². The summed E-state index contributed by atoms with van der Waals surface area (Å²) in [5.41, 5.74) is -0.188. The highest BCUT2D eigenvalue weighted by Gasteiger charge is 2.42. The van der Waals surface area contributed by atoms with E-state index in [0.29, 0.717) is 23.6 Å². The first-order valence-electron chi connectivity index (χ1n) is 10.3. The van der Waals surface area contributed by atoms with Crippen LogP contribution in [-0.4, -0.2) is 49.9 Å². The van der Waals surface area contributed by atoms with Gasteiger partial charge < -0.3 is 4.74 Å². The Morgan fingerprint density at radius 3 is 2.55 bits per heavy atom. The summed E-state index contributed by atoms with van der Waals surface area (Å²) in [5.74, 6) is 0. The van der Waals surface area contributed by atoms with E-state index >= 15 is 0 Å². The molecule has 1 saturated heterocycles. The number of sulfonamides is 1. The highest BCUT2D eigenvalue weighted by molar-refractivity contribution is 7.93. The average molecular weight is 507 g/mol. The molecular weight excluding hydrogens is 485 g/mol. The van der Waals surface area contributed by atoms with E-state index in [1.54, 1.807) is 23.1 Å². The van der Waals surface area contributed by atoms with Crippen LogP contribution in [0.1, 0.15) is 31.7 Å². The summed E-state index contributed by atoms with van der Waals surface area (Å²) in [7, 11) is -3.89. The second-order valence-corrected chi connectivity index (χ2v) is 10.7. The lowest BCUT2D eigenvalue weighted by atomic mass is 9.98. The van der Waals surface area contributed by atoms with Gasteiger partial charge in [-0.15, -0.1) is 13.2 Å².